The van der Waals surface area contributed by atoms with E-state index in [2.05, 4.69) is 11.4 Å². The molecule has 5 rings (SSSR count). The first-order valence-corrected chi connectivity index (χ1v) is 12.0. The molecule has 4 aromatic rings. The minimum atomic E-state index is -0.303. The number of amides is 1. The quantitative estimate of drug-likeness (QED) is 0.315. The molecule has 1 aliphatic heterocycles. The lowest BCUT2D eigenvalue weighted by Crippen LogP contribution is -2.28. The van der Waals surface area contributed by atoms with Crippen LogP contribution in [0.15, 0.2) is 76.5 Å². The van der Waals surface area contributed by atoms with E-state index in [4.69, 9.17) is 17.3 Å². The Kier molecular flexibility index (Phi) is 5.51. The smallest absolute Gasteiger partial charge is 0.275 e. The fraction of sp³-hybridized carbons (Fsp3) is 0.0400. The highest BCUT2D eigenvalue weighted by Crippen LogP contribution is 2.50. The van der Waals surface area contributed by atoms with Gasteiger partial charge in [-0.25, -0.2) is 0 Å². The van der Waals surface area contributed by atoms with E-state index in [-0.39, 0.29) is 17.2 Å². The summed E-state index contributed by atoms with van der Waals surface area (Å²) in [5.74, 6) is -0.303. The fourth-order valence-electron chi connectivity index (χ4n) is 3.62. The molecule has 0 saturated heterocycles. The molecule has 0 saturated carbocycles. The summed E-state index contributed by atoms with van der Waals surface area (Å²) >= 11 is 9.04. The predicted octanol–water partition coefficient (Wildman–Crippen LogP) is 7.35. The summed E-state index contributed by atoms with van der Waals surface area (Å²) in [7, 11) is 0. The Labute approximate surface area is 204 Å². The monoisotopic (exact) mass is 488 g/mol. The lowest BCUT2D eigenvalue weighted by molar-refractivity contribution is 0.100. The summed E-state index contributed by atoms with van der Waals surface area (Å²) in [5, 5.41) is 14.1. The number of thiophene rings is 1. The summed E-state index contributed by atoms with van der Waals surface area (Å²) in [4.78, 5) is 17.7. The van der Waals surface area contributed by atoms with Gasteiger partial charge in [0.25, 0.3) is 5.91 Å². The Bertz CT molecular complexity index is 1440. The summed E-state index contributed by atoms with van der Waals surface area (Å²) in [6.07, 6.45) is 0. The number of rotatable bonds is 3. The lowest BCUT2D eigenvalue weighted by Gasteiger charge is -2.31. The SMILES string of the molecule is Cc1ccc(Nc2sc(C(=O)N3c4ccccc4Sc4ccc(Cl)cc43)c(N)c2C#N)cc1. The molecule has 0 spiro atoms. The second-order valence-electron chi connectivity index (χ2n) is 7.47. The summed E-state index contributed by atoms with van der Waals surface area (Å²) in [6.45, 7) is 2.00. The van der Waals surface area contributed by atoms with Crippen LogP contribution in [0.1, 0.15) is 20.8 Å². The van der Waals surface area contributed by atoms with Gasteiger partial charge in [-0.05, 0) is 49.4 Å². The third kappa shape index (κ3) is 3.83. The van der Waals surface area contributed by atoms with Crippen molar-refractivity contribution >= 4 is 68.4 Å². The zero-order valence-corrected chi connectivity index (χ0v) is 19.8. The van der Waals surface area contributed by atoms with Crippen molar-refractivity contribution in [2.75, 3.05) is 16.0 Å². The zero-order valence-electron chi connectivity index (χ0n) is 17.4. The van der Waals surface area contributed by atoms with Crippen LogP contribution in [-0.4, -0.2) is 5.91 Å². The van der Waals surface area contributed by atoms with Crippen LogP contribution in [-0.2, 0) is 0 Å². The zero-order chi connectivity index (χ0) is 23.1. The Hall–Kier alpha value is -3.44. The number of carbonyl (C=O) groups excluding carboxylic acids is 1. The second-order valence-corrected chi connectivity index (χ2v) is 10.0. The number of hydrogen-bond acceptors (Lipinski definition) is 6. The van der Waals surface area contributed by atoms with Crippen LogP contribution in [0.5, 0.6) is 0 Å². The van der Waals surface area contributed by atoms with Gasteiger partial charge >= 0.3 is 0 Å². The molecule has 0 unspecified atom stereocenters. The Morgan fingerprint density at radius 3 is 2.55 bits per heavy atom. The number of halogens is 1. The van der Waals surface area contributed by atoms with Crippen molar-refractivity contribution < 1.29 is 4.79 Å². The molecule has 5 nitrogen and oxygen atoms in total. The number of anilines is 5. The van der Waals surface area contributed by atoms with Crippen LogP contribution >= 0.6 is 34.7 Å². The molecule has 8 heteroatoms. The van der Waals surface area contributed by atoms with E-state index < -0.39 is 0 Å². The topological polar surface area (TPSA) is 82.2 Å². The van der Waals surface area contributed by atoms with Crippen molar-refractivity contribution in [3.63, 3.8) is 0 Å². The van der Waals surface area contributed by atoms with E-state index in [0.29, 0.717) is 20.6 Å². The molecule has 33 heavy (non-hydrogen) atoms. The van der Waals surface area contributed by atoms with Crippen LogP contribution in [0.3, 0.4) is 0 Å². The first-order chi connectivity index (χ1) is 16.0. The maximum atomic E-state index is 13.9. The Morgan fingerprint density at radius 1 is 1.06 bits per heavy atom. The Balaban J connectivity index is 1.61. The number of aryl methyl sites for hydroxylation is 1. The number of nitrogens with zero attached hydrogens (tertiary/aromatic N) is 2. The predicted molar refractivity (Wildman–Crippen MR) is 136 cm³/mol. The van der Waals surface area contributed by atoms with E-state index >= 15 is 0 Å². The molecular weight excluding hydrogens is 472 g/mol. The van der Waals surface area contributed by atoms with Crippen molar-refractivity contribution in [2.24, 2.45) is 0 Å². The number of nitrogens with one attached hydrogen (secondary N) is 1. The van der Waals surface area contributed by atoms with Crippen molar-refractivity contribution in [1.29, 1.82) is 5.26 Å². The van der Waals surface area contributed by atoms with E-state index in [1.165, 1.54) is 11.3 Å². The highest BCUT2D eigenvalue weighted by atomic mass is 35.5. The van der Waals surface area contributed by atoms with Gasteiger partial charge in [0, 0.05) is 20.5 Å². The van der Waals surface area contributed by atoms with Crippen LogP contribution < -0.4 is 16.0 Å². The van der Waals surface area contributed by atoms with Gasteiger partial charge < -0.3 is 11.1 Å². The molecule has 0 atom stereocenters. The normalized spacial score (nSPS) is 12.0. The van der Waals surface area contributed by atoms with Crippen molar-refractivity contribution in [1.82, 2.24) is 0 Å². The third-order valence-corrected chi connectivity index (χ3v) is 7.73. The van der Waals surface area contributed by atoms with Crippen LogP contribution in [0, 0.1) is 18.3 Å². The van der Waals surface area contributed by atoms with Crippen LogP contribution in [0.2, 0.25) is 5.02 Å². The molecule has 0 radical (unpaired) electrons. The van der Waals surface area contributed by atoms with Gasteiger partial charge in [-0.2, -0.15) is 5.26 Å². The van der Waals surface area contributed by atoms with Gasteiger partial charge in [-0.3, -0.25) is 9.69 Å². The molecular formula is C25H17ClN4OS2. The molecule has 162 valence electrons. The molecule has 3 N–H and O–H groups in total. The maximum Gasteiger partial charge on any atom is 0.275 e. The number of fused-ring (bicyclic) bond motifs is 2. The Morgan fingerprint density at radius 2 is 1.79 bits per heavy atom. The van der Waals surface area contributed by atoms with Crippen LogP contribution in [0.4, 0.5) is 27.8 Å². The summed E-state index contributed by atoms with van der Waals surface area (Å²) in [6, 6.07) is 23.1. The standard InChI is InChI=1S/C25H17ClN4OS2/c1-14-6-9-16(10-7-14)29-24-17(13-27)22(28)23(33-24)25(31)30-18-4-2-3-5-20(18)32-21-11-8-15(26)12-19(21)30/h2-12,29H,28H2,1H3. The third-order valence-electron chi connectivity index (χ3n) is 5.25. The average Bonchev–Trinajstić information content (AvgIpc) is 3.13. The summed E-state index contributed by atoms with van der Waals surface area (Å²) < 4.78 is 0. The molecule has 0 fully saturated rings. The van der Waals surface area contributed by atoms with Gasteiger partial charge in [0.05, 0.1) is 17.1 Å². The van der Waals surface area contributed by atoms with Gasteiger partial charge in [-0.1, -0.05) is 53.2 Å². The number of nitrogens with two attached hydrogens (primary N) is 1. The number of nitriles is 1. The number of benzene rings is 3. The first-order valence-electron chi connectivity index (χ1n) is 10.0. The van der Waals surface area contributed by atoms with Crippen molar-refractivity contribution in [3.8, 4) is 6.07 Å². The number of hydrogen-bond donors (Lipinski definition) is 2. The van der Waals surface area contributed by atoms with E-state index in [0.717, 1.165) is 26.7 Å². The maximum absolute atomic E-state index is 13.9. The van der Waals surface area contributed by atoms with Crippen molar-refractivity contribution in [2.45, 2.75) is 16.7 Å². The van der Waals surface area contributed by atoms with Crippen molar-refractivity contribution in [3.05, 3.63) is 87.8 Å². The molecule has 3 aromatic carbocycles. The minimum Gasteiger partial charge on any atom is -0.396 e. The van der Waals surface area contributed by atoms with E-state index in [1.54, 1.807) is 28.8 Å². The highest BCUT2D eigenvalue weighted by Gasteiger charge is 2.32. The first kappa shape index (κ1) is 21.4. The number of para-hydroxylation sites is 1. The number of carbonyl (C=O) groups is 1. The molecule has 0 bridgehead atoms. The average molecular weight is 489 g/mol. The van der Waals surface area contributed by atoms with Gasteiger partial charge in [0.2, 0.25) is 0 Å². The van der Waals surface area contributed by atoms with Gasteiger partial charge in [0.1, 0.15) is 21.5 Å². The van der Waals surface area contributed by atoms with Gasteiger partial charge in [0.15, 0.2) is 0 Å². The lowest BCUT2D eigenvalue weighted by atomic mass is 10.2. The molecule has 0 aliphatic carbocycles. The second kappa shape index (κ2) is 8.49. The van der Waals surface area contributed by atoms with Gasteiger partial charge in [-0.15, -0.1) is 11.3 Å². The highest BCUT2D eigenvalue weighted by molar-refractivity contribution is 7.99. The summed E-state index contributed by atoms with van der Waals surface area (Å²) in [5.41, 5.74) is 10.1. The minimum absolute atomic E-state index is 0.168. The van der Waals surface area contributed by atoms with Crippen LogP contribution in [0.25, 0.3) is 0 Å². The fourth-order valence-corrected chi connectivity index (χ4v) is 5.84. The number of nitrogen functional groups attached to an aromatic ring is 1. The van der Waals surface area contributed by atoms with E-state index in [9.17, 15) is 10.1 Å². The molecule has 2 heterocycles. The molecule has 1 aliphatic rings. The molecule has 1 amide bonds. The largest absolute Gasteiger partial charge is 0.396 e. The molecule has 1 aromatic heterocycles. The van der Waals surface area contributed by atoms with E-state index in [1.807, 2.05) is 61.5 Å².